The Morgan fingerprint density at radius 3 is 2.63 bits per heavy atom. The number of carbonyl (C=O) groups excluding carboxylic acids is 1. The third-order valence-corrected chi connectivity index (χ3v) is 6.06. The standard InChI is InChI=1S/C24H21ClN4O/c1-15-9-11-18(12-10-15)29-23-21(16(2)27-29)22(25)19(14-26-23)24(30)28-13-5-7-17-6-3-4-8-20(17)28/h3-4,6,8-12,14H,5,7,13H2,1-2H3. The second-order valence-corrected chi connectivity index (χ2v) is 8.08. The fraction of sp³-hybridized carbons (Fsp3) is 0.208. The van der Waals surface area contributed by atoms with Crippen LogP contribution in [0.15, 0.2) is 54.7 Å². The van der Waals surface area contributed by atoms with Crippen LogP contribution >= 0.6 is 11.6 Å². The number of amides is 1. The van der Waals surface area contributed by atoms with E-state index >= 15 is 0 Å². The number of nitrogens with zero attached hydrogens (tertiary/aromatic N) is 4. The summed E-state index contributed by atoms with van der Waals surface area (Å²) >= 11 is 6.77. The largest absolute Gasteiger partial charge is 0.308 e. The highest BCUT2D eigenvalue weighted by Gasteiger charge is 2.27. The molecule has 1 aliphatic rings. The molecule has 0 saturated heterocycles. The summed E-state index contributed by atoms with van der Waals surface area (Å²) in [5.74, 6) is -0.121. The first kappa shape index (κ1) is 18.8. The van der Waals surface area contributed by atoms with Crippen LogP contribution < -0.4 is 4.90 Å². The van der Waals surface area contributed by atoms with Crippen molar-refractivity contribution in [2.45, 2.75) is 26.7 Å². The van der Waals surface area contributed by atoms with Gasteiger partial charge in [-0.15, -0.1) is 0 Å². The molecule has 0 atom stereocenters. The molecular formula is C24H21ClN4O. The van der Waals surface area contributed by atoms with Crippen LogP contribution in [0.1, 0.15) is 33.6 Å². The summed E-state index contributed by atoms with van der Waals surface area (Å²) in [7, 11) is 0. The summed E-state index contributed by atoms with van der Waals surface area (Å²) < 4.78 is 1.78. The average Bonchev–Trinajstić information content (AvgIpc) is 3.11. The van der Waals surface area contributed by atoms with Gasteiger partial charge in [0.15, 0.2) is 5.65 Å². The lowest BCUT2D eigenvalue weighted by molar-refractivity contribution is 0.0985. The van der Waals surface area contributed by atoms with E-state index in [0.717, 1.165) is 29.9 Å². The topological polar surface area (TPSA) is 51.0 Å². The van der Waals surface area contributed by atoms with E-state index in [1.807, 2.05) is 61.2 Å². The van der Waals surface area contributed by atoms with Crippen molar-refractivity contribution in [3.05, 3.63) is 82.1 Å². The van der Waals surface area contributed by atoms with Gasteiger partial charge in [-0.25, -0.2) is 9.67 Å². The summed E-state index contributed by atoms with van der Waals surface area (Å²) in [5.41, 5.74) is 6.03. The molecule has 6 heteroatoms. The van der Waals surface area contributed by atoms with Crippen LogP contribution in [0.3, 0.4) is 0 Å². The van der Waals surface area contributed by atoms with Gasteiger partial charge in [0.05, 0.1) is 27.4 Å². The van der Waals surface area contributed by atoms with Crippen molar-refractivity contribution in [2.24, 2.45) is 0 Å². The van der Waals surface area contributed by atoms with E-state index in [1.165, 1.54) is 11.1 Å². The monoisotopic (exact) mass is 416 g/mol. The van der Waals surface area contributed by atoms with Gasteiger partial charge in [0.25, 0.3) is 5.91 Å². The number of aryl methyl sites for hydroxylation is 3. The van der Waals surface area contributed by atoms with Crippen molar-refractivity contribution in [3.63, 3.8) is 0 Å². The number of carbonyl (C=O) groups is 1. The lowest BCUT2D eigenvalue weighted by atomic mass is 10.0. The molecule has 1 aliphatic heterocycles. The minimum absolute atomic E-state index is 0.121. The first-order valence-corrected chi connectivity index (χ1v) is 10.4. The zero-order chi connectivity index (χ0) is 20.8. The summed E-state index contributed by atoms with van der Waals surface area (Å²) in [5, 5.41) is 5.77. The second kappa shape index (κ2) is 7.26. The van der Waals surface area contributed by atoms with Gasteiger partial charge >= 0.3 is 0 Å². The molecule has 0 bridgehead atoms. The van der Waals surface area contributed by atoms with Crippen molar-refractivity contribution < 1.29 is 4.79 Å². The highest BCUT2D eigenvalue weighted by molar-refractivity contribution is 6.39. The third kappa shape index (κ3) is 2.97. The highest BCUT2D eigenvalue weighted by Crippen LogP contribution is 2.33. The van der Waals surface area contributed by atoms with Crippen molar-refractivity contribution in [2.75, 3.05) is 11.4 Å². The zero-order valence-electron chi connectivity index (χ0n) is 16.9. The number of aromatic nitrogens is 3. The molecule has 0 aliphatic carbocycles. The summed E-state index contributed by atoms with van der Waals surface area (Å²) in [6.07, 6.45) is 3.49. The number of anilines is 1. The molecule has 2 aromatic carbocycles. The van der Waals surface area contributed by atoms with Crippen LogP contribution in [0, 0.1) is 13.8 Å². The number of pyridine rings is 1. The molecule has 0 spiro atoms. The molecule has 0 N–H and O–H groups in total. The van der Waals surface area contributed by atoms with Crippen molar-refractivity contribution in [3.8, 4) is 5.69 Å². The molecule has 5 rings (SSSR count). The predicted octanol–water partition coefficient (Wildman–Crippen LogP) is 5.28. The Morgan fingerprint density at radius 1 is 1.07 bits per heavy atom. The van der Waals surface area contributed by atoms with E-state index in [0.29, 0.717) is 28.2 Å². The van der Waals surface area contributed by atoms with Crippen LogP contribution in [0.2, 0.25) is 5.02 Å². The van der Waals surface area contributed by atoms with E-state index in [4.69, 9.17) is 11.6 Å². The molecule has 0 unspecified atom stereocenters. The van der Waals surface area contributed by atoms with Gasteiger partial charge in [-0.2, -0.15) is 5.10 Å². The fourth-order valence-electron chi connectivity index (χ4n) is 4.11. The van der Waals surface area contributed by atoms with Gasteiger partial charge < -0.3 is 4.90 Å². The molecule has 0 radical (unpaired) electrons. The van der Waals surface area contributed by atoms with E-state index in [1.54, 1.807) is 10.9 Å². The third-order valence-electron chi connectivity index (χ3n) is 5.67. The average molecular weight is 417 g/mol. The van der Waals surface area contributed by atoms with Gasteiger partial charge in [0, 0.05) is 18.4 Å². The quantitative estimate of drug-likeness (QED) is 0.446. The smallest absolute Gasteiger partial charge is 0.261 e. The summed E-state index contributed by atoms with van der Waals surface area (Å²) in [4.78, 5) is 19.8. The molecule has 150 valence electrons. The summed E-state index contributed by atoms with van der Waals surface area (Å²) in [6.45, 7) is 4.61. The van der Waals surface area contributed by atoms with Gasteiger partial charge in [0.1, 0.15) is 0 Å². The van der Waals surface area contributed by atoms with Crippen LogP contribution in [-0.2, 0) is 6.42 Å². The number of para-hydroxylation sites is 1. The fourth-order valence-corrected chi connectivity index (χ4v) is 4.46. The van der Waals surface area contributed by atoms with E-state index in [9.17, 15) is 4.79 Å². The maximum atomic E-state index is 13.4. The lowest BCUT2D eigenvalue weighted by Gasteiger charge is -2.29. The molecule has 30 heavy (non-hydrogen) atoms. The first-order valence-electron chi connectivity index (χ1n) is 10.1. The maximum absolute atomic E-state index is 13.4. The first-order chi connectivity index (χ1) is 14.5. The number of fused-ring (bicyclic) bond motifs is 2. The molecular weight excluding hydrogens is 396 g/mol. The second-order valence-electron chi connectivity index (χ2n) is 7.71. The van der Waals surface area contributed by atoms with Crippen LogP contribution in [0.5, 0.6) is 0 Å². The van der Waals surface area contributed by atoms with E-state index in [2.05, 4.69) is 16.1 Å². The van der Waals surface area contributed by atoms with Gasteiger partial charge in [-0.05, 0) is 50.5 Å². The predicted molar refractivity (Wildman–Crippen MR) is 120 cm³/mol. The van der Waals surface area contributed by atoms with Crippen molar-refractivity contribution in [1.29, 1.82) is 0 Å². The van der Waals surface area contributed by atoms with Gasteiger partial charge in [-0.3, -0.25) is 4.79 Å². The lowest BCUT2D eigenvalue weighted by Crippen LogP contribution is -2.35. The Labute approximate surface area is 179 Å². The summed E-state index contributed by atoms with van der Waals surface area (Å²) in [6, 6.07) is 16.1. The number of hydrogen-bond acceptors (Lipinski definition) is 3. The van der Waals surface area contributed by atoms with E-state index < -0.39 is 0 Å². The number of halogens is 1. The Morgan fingerprint density at radius 2 is 1.83 bits per heavy atom. The van der Waals surface area contributed by atoms with Gasteiger partial charge in [-0.1, -0.05) is 47.5 Å². The van der Waals surface area contributed by atoms with Crippen molar-refractivity contribution >= 4 is 34.2 Å². The Hall–Kier alpha value is -3.18. The number of rotatable bonds is 2. The minimum atomic E-state index is -0.121. The van der Waals surface area contributed by atoms with Crippen molar-refractivity contribution in [1.82, 2.24) is 14.8 Å². The van der Waals surface area contributed by atoms with Gasteiger partial charge in [0.2, 0.25) is 0 Å². The normalized spacial score (nSPS) is 13.5. The SMILES string of the molecule is Cc1ccc(-n2nc(C)c3c(Cl)c(C(=O)N4CCCc5ccccc54)cnc32)cc1. The Balaban J connectivity index is 1.60. The maximum Gasteiger partial charge on any atom is 0.261 e. The van der Waals surface area contributed by atoms with E-state index in [-0.39, 0.29) is 5.91 Å². The molecule has 1 amide bonds. The molecule has 2 aromatic heterocycles. The Kier molecular flexibility index (Phi) is 4.55. The molecule has 4 aromatic rings. The number of benzene rings is 2. The molecule has 0 fully saturated rings. The van der Waals surface area contributed by atoms with Crippen LogP contribution in [0.4, 0.5) is 5.69 Å². The minimum Gasteiger partial charge on any atom is -0.308 e. The Bertz CT molecular complexity index is 1280. The van der Waals surface area contributed by atoms with Crippen LogP contribution in [-0.4, -0.2) is 27.2 Å². The molecule has 3 heterocycles. The van der Waals surface area contributed by atoms with Crippen LogP contribution in [0.25, 0.3) is 16.7 Å². The molecule has 5 nitrogen and oxygen atoms in total. The zero-order valence-corrected chi connectivity index (χ0v) is 17.6. The number of hydrogen-bond donors (Lipinski definition) is 0. The molecule has 0 saturated carbocycles. The highest BCUT2D eigenvalue weighted by atomic mass is 35.5.